The maximum atomic E-state index is 12.4. The molecule has 0 saturated heterocycles. The summed E-state index contributed by atoms with van der Waals surface area (Å²) in [4.78, 5) is 21.2. The molecule has 0 radical (unpaired) electrons. The van der Waals surface area contributed by atoms with E-state index in [1.807, 2.05) is 17.5 Å². The summed E-state index contributed by atoms with van der Waals surface area (Å²) in [5, 5.41) is 5.88. The molecule has 1 aliphatic rings. The van der Waals surface area contributed by atoms with Crippen molar-refractivity contribution in [2.45, 2.75) is 58.3 Å². The Morgan fingerprint density at radius 2 is 2.15 bits per heavy atom. The number of rotatable bonds is 7. The van der Waals surface area contributed by atoms with E-state index in [0.29, 0.717) is 30.0 Å². The Morgan fingerprint density at radius 1 is 1.35 bits per heavy atom. The van der Waals surface area contributed by atoms with Crippen LogP contribution in [0.4, 0.5) is 5.82 Å². The van der Waals surface area contributed by atoms with E-state index in [4.69, 9.17) is 4.74 Å². The van der Waals surface area contributed by atoms with E-state index in [2.05, 4.69) is 29.1 Å². The number of aromatic nitrogens is 2. The SMILES string of the molecule is CC(C)c1nc(CC(=O)Nc2ncccc2OCC2CCCCC2)cs1. The van der Waals surface area contributed by atoms with Crippen LogP contribution >= 0.6 is 11.3 Å². The van der Waals surface area contributed by atoms with Crippen molar-refractivity contribution >= 4 is 23.1 Å². The summed E-state index contributed by atoms with van der Waals surface area (Å²) in [6.45, 7) is 4.90. The summed E-state index contributed by atoms with van der Waals surface area (Å²) in [6, 6.07) is 3.70. The third-order valence-corrected chi connectivity index (χ3v) is 5.83. The average molecular weight is 374 g/mol. The number of nitrogens with one attached hydrogen (secondary N) is 1. The van der Waals surface area contributed by atoms with E-state index in [0.717, 1.165) is 10.7 Å². The maximum absolute atomic E-state index is 12.4. The van der Waals surface area contributed by atoms with Gasteiger partial charge in [0.25, 0.3) is 0 Å². The molecule has 140 valence electrons. The van der Waals surface area contributed by atoms with Gasteiger partial charge in [-0.3, -0.25) is 4.79 Å². The van der Waals surface area contributed by atoms with Crippen LogP contribution in [0.5, 0.6) is 5.75 Å². The molecule has 0 aromatic carbocycles. The van der Waals surface area contributed by atoms with Crippen LogP contribution in [0.3, 0.4) is 0 Å². The smallest absolute Gasteiger partial charge is 0.231 e. The molecule has 1 fully saturated rings. The Labute approximate surface area is 159 Å². The summed E-state index contributed by atoms with van der Waals surface area (Å²) in [5.74, 6) is 2.01. The molecule has 1 amide bonds. The van der Waals surface area contributed by atoms with Gasteiger partial charge in [0.15, 0.2) is 11.6 Å². The Balaban J connectivity index is 1.57. The highest BCUT2D eigenvalue weighted by Crippen LogP contribution is 2.27. The highest BCUT2D eigenvalue weighted by molar-refractivity contribution is 7.09. The van der Waals surface area contributed by atoms with Crippen molar-refractivity contribution in [1.29, 1.82) is 0 Å². The Morgan fingerprint density at radius 3 is 2.88 bits per heavy atom. The molecule has 0 bridgehead atoms. The van der Waals surface area contributed by atoms with Gasteiger partial charge in [-0.05, 0) is 30.9 Å². The van der Waals surface area contributed by atoms with Gasteiger partial charge in [0.1, 0.15) is 0 Å². The van der Waals surface area contributed by atoms with Crippen LogP contribution in [-0.4, -0.2) is 22.5 Å². The maximum Gasteiger partial charge on any atom is 0.231 e. The second-order valence-electron chi connectivity index (χ2n) is 7.22. The number of ether oxygens (including phenoxy) is 1. The first-order chi connectivity index (χ1) is 12.6. The van der Waals surface area contributed by atoms with Crippen LogP contribution in [0.25, 0.3) is 0 Å². The number of thiazole rings is 1. The molecule has 2 heterocycles. The van der Waals surface area contributed by atoms with Crippen molar-refractivity contribution in [2.75, 3.05) is 11.9 Å². The van der Waals surface area contributed by atoms with E-state index >= 15 is 0 Å². The normalized spacial score (nSPS) is 15.2. The highest BCUT2D eigenvalue weighted by Gasteiger charge is 2.16. The zero-order valence-corrected chi connectivity index (χ0v) is 16.3. The van der Waals surface area contributed by atoms with Crippen LogP contribution in [0.2, 0.25) is 0 Å². The molecule has 0 aliphatic heterocycles. The lowest BCUT2D eigenvalue weighted by Crippen LogP contribution is -2.18. The molecule has 2 aromatic heterocycles. The molecule has 0 unspecified atom stereocenters. The average Bonchev–Trinajstić information content (AvgIpc) is 3.10. The Bertz CT molecular complexity index is 723. The van der Waals surface area contributed by atoms with Gasteiger partial charge in [-0.25, -0.2) is 9.97 Å². The number of pyridine rings is 1. The van der Waals surface area contributed by atoms with Crippen LogP contribution in [-0.2, 0) is 11.2 Å². The van der Waals surface area contributed by atoms with Crippen LogP contribution in [0.1, 0.15) is 62.6 Å². The number of hydrogen-bond acceptors (Lipinski definition) is 5. The van der Waals surface area contributed by atoms with Gasteiger partial charge in [-0.1, -0.05) is 33.1 Å². The highest BCUT2D eigenvalue weighted by atomic mass is 32.1. The van der Waals surface area contributed by atoms with E-state index in [-0.39, 0.29) is 12.3 Å². The van der Waals surface area contributed by atoms with Crippen LogP contribution in [0, 0.1) is 5.92 Å². The van der Waals surface area contributed by atoms with E-state index < -0.39 is 0 Å². The minimum atomic E-state index is -0.119. The topological polar surface area (TPSA) is 64.1 Å². The molecule has 6 heteroatoms. The summed E-state index contributed by atoms with van der Waals surface area (Å²) in [7, 11) is 0. The van der Waals surface area contributed by atoms with Gasteiger partial charge < -0.3 is 10.1 Å². The number of anilines is 1. The lowest BCUT2D eigenvalue weighted by Gasteiger charge is -2.22. The molecular formula is C20H27N3O2S. The fourth-order valence-electron chi connectivity index (χ4n) is 3.17. The summed E-state index contributed by atoms with van der Waals surface area (Å²) < 4.78 is 5.97. The molecule has 0 atom stereocenters. The monoisotopic (exact) mass is 373 g/mol. The van der Waals surface area contributed by atoms with Gasteiger partial charge in [-0.15, -0.1) is 11.3 Å². The van der Waals surface area contributed by atoms with Gasteiger partial charge in [0.05, 0.1) is 23.7 Å². The predicted molar refractivity (Wildman–Crippen MR) is 105 cm³/mol. The minimum absolute atomic E-state index is 0.119. The minimum Gasteiger partial charge on any atom is -0.489 e. The van der Waals surface area contributed by atoms with Crippen molar-refractivity contribution in [3.8, 4) is 5.75 Å². The first-order valence-electron chi connectivity index (χ1n) is 9.44. The van der Waals surface area contributed by atoms with Gasteiger partial charge in [-0.2, -0.15) is 0 Å². The van der Waals surface area contributed by atoms with Crippen molar-refractivity contribution < 1.29 is 9.53 Å². The lowest BCUT2D eigenvalue weighted by molar-refractivity contribution is -0.115. The Hall–Kier alpha value is -1.95. The molecule has 5 nitrogen and oxygen atoms in total. The second kappa shape index (κ2) is 9.12. The number of nitrogens with zero attached hydrogens (tertiary/aromatic N) is 2. The quantitative estimate of drug-likeness (QED) is 0.757. The van der Waals surface area contributed by atoms with Crippen molar-refractivity contribution in [3.05, 3.63) is 34.4 Å². The zero-order chi connectivity index (χ0) is 18.4. The number of carbonyl (C=O) groups excluding carboxylic acids is 1. The fourth-order valence-corrected chi connectivity index (χ4v) is 4.01. The molecule has 2 aromatic rings. The van der Waals surface area contributed by atoms with Crippen molar-refractivity contribution in [3.63, 3.8) is 0 Å². The van der Waals surface area contributed by atoms with E-state index in [9.17, 15) is 4.79 Å². The third kappa shape index (κ3) is 5.27. The fraction of sp³-hybridized carbons (Fsp3) is 0.550. The molecule has 1 aliphatic carbocycles. The van der Waals surface area contributed by atoms with Crippen molar-refractivity contribution in [1.82, 2.24) is 9.97 Å². The third-order valence-electron chi connectivity index (χ3n) is 4.63. The summed E-state index contributed by atoms with van der Waals surface area (Å²) in [5.41, 5.74) is 0.803. The van der Waals surface area contributed by atoms with Crippen LogP contribution in [0.15, 0.2) is 23.7 Å². The van der Waals surface area contributed by atoms with Gasteiger partial charge in [0, 0.05) is 17.5 Å². The molecule has 0 spiro atoms. The van der Waals surface area contributed by atoms with Gasteiger partial charge in [0.2, 0.25) is 5.91 Å². The largest absolute Gasteiger partial charge is 0.489 e. The number of amides is 1. The predicted octanol–water partition coefficient (Wildman–Crippen LogP) is 4.80. The molecule has 1 saturated carbocycles. The zero-order valence-electron chi connectivity index (χ0n) is 15.5. The van der Waals surface area contributed by atoms with E-state index in [1.54, 1.807) is 17.5 Å². The lowest BCUT2D eigenvalue weighted by atomic mass is 9.90. The Kier molecular flexibility index (Phi) is 6.61. The summed E-state index contributed by atoms with van der Waals surface area (Å²) in [6.07, 6.45) is 8.28. The first kappa shape index (κ1) is 18.8. The molecule has 26 heavy (non-hydrogen) atoms. The van der Waals surface area contributed by atoms with E-state index in [1.165, 1.54) is 32.1 Å². The molecular weight excluding hydrogens is 346 g/mol. The molecule has 1 N–H and O–H groups in total. The summed E-state index contributed by atoms with van der Waals surface area (Å²) >= 11 is 1.60. The number of hydrogen-bond donors (Lipinski definition) is 1. The molecule has 3 rings (SSSR count). The van der Waals surface area contributed by atoms with Crippen molar-refractivity contribution in [2.24, 2.45) is 5.92 Å². The first-order valence-corrected chi connectivity index (χ1v) is 10.3. The number of carbonyl (C=O) groups is 1. The van der Waals surface area contributed by atoms with Crippen LogP contribution < -0.4 is 10.1 Å². The standard InChI is InChI=1S/C20H27N3O2S/c1-14(2)20-22-16(13-26-20)11-18(24)23-19-17(9-6-10-21-19)25-12-15-7-4-3-5-8-15/h6,9-10,13-15H,3-5,7-8,11-12H2,1-2H3,(H,21,23,24). The second-order valence-corrected chi connectivity index (χ2v) is 8.11. The van der Waals surface area contributed by atoms with Gasteiger partial charge >= 0.3 is 0 Å².